The molecule has 1 aromatic carbocycles. The molecule has 2 aliphatic heterocycles. The monoisotopic (exact) mass is 357 g/mol. The first-order valence-corrected chi connectivity index (χ1v) is 8.50. The van der Waals surface area contributed by atoms with Gasteiger partial charge in [0, 0.05) is 49.8 Å². The van der Waals surface area contributed by atoms with E-state index in [1.807, 2.05) is 6.07 Å². The molecule has 2 saturated heterocycles. The number of nitrogens with one attached hydrogen (secondary N) is 1. The lowest BCUT2D eigenvalue weighted by molar-refractivity contribution is 0.0981. The second-order valence-electron chi connectivity index (χ2n) is 5.71. The molecule has 1 unspecified atom stereocenters. The minimum Gasteiger partial charge on any atom is -0.315 e. The molecule has 20 heavy (non-hydrogen) atoms. The van der Waals surface area contributed by atoms with Crippen molar-refractivity contribution in [1.82, 2.24) is 15.1 Å². The highest BCUT2D eigenvalue weighted by molar-refractivity contribution is 9.10. The highest BCUT2D eigenvalue weighted by Crippen LogP contribution is 2.24. The van der Waals surface area contributed by atoms with Gasteiger partial charge in [-0.1, -0.05) is 17.7 Å². The van der Waals surface area contributed by atoms with Gasteiger partial charge >= 0.3 is 0 Å². The molecule has 5 heteroatoms. The zero-order valence-electron chi connectivity index (χ0n) is 11.6. The molecule has 0 bridgehead atoms. The molecule has 0 amide bonds. The van der Waals surface area contributed by atoms with E-state index in [1.165, 1.54) is 38.2 Å². The van der Waals surface area contributed by atoms with Crippen molar-refractivity contribution < 1.29 is 0 Å². The van der Waals surface area contributed by atoms with Crippen LogP contribution < -0.4 is 5.32 Å². The number of nitrogens with zero attached hydrogens (tertiary/aromatic N) is 2. The Morgan fingerprint density at radius 2 is 2.05 bits per heavy atom. The molecule has 0 aliphatic carbocycles. The van der Waals surface area contributed by atoms with E-state index in [9.17, 15) is 0 Å². The summed E-state index contributed by atoms with van der Waals surface area (Å²) in [7, 11) is 0. The summed E-state index contributed by atoms with van der Waals surface area (Å²) in [5.74, 6) is 0. The minimum atomic E-state index is 0.763. The maximum Gasteiger partial charge on any atom is 0.0551 e. The molecular weight excluding hydrogens is 338 g/mol. The lowest BCUT2D eigenvalue weighted by Gasteiger charge is -2.37. The summed E-state index contributed by atoms with van der Waals surface area (Å²) in [6, 6.07) is 7.03. The molecule has 2 fully saturated rings. The molecule has 1 aromatic rings. The van der Waals surface area contributed by atoms with Crippen molar-refractivity contribution >= 4 is 27.5 Å². The third kappa shape index (κ3) is 3.55. The van der Waals surface area contributed by atoms with Crippen molar-refractivity contribution in [2.24, 2.45) is 0 Å². The number of hydrogen-bond acceptors (Lipinski definition) is 3. The molecule has 110 valence electrons. The molecule has 0 aromatic heterocycles. The average Bonchev–Trinajstić information content (AvgIpc) is 2.98. The molecule has 0 radical (unpaired) electrons. The van der Waals surface area contributed by atoms with Crippen LogP contribution in [0.15, 0.2) is 22.7 Å². The van der Waals surface area contributed by atoms with Crippen LogP contribution in [0, 0.1) is 0 Å². The predicted octanol–water partition coefficient (Wildman–Crippen LogP) is 2.58. The SMILES string of the molecule is Clc1cc(CN2CCN(C3CCNC3)CC2)ccc1Br. The average molecular weight is 359 g/mol. The molecule has 0 saturated carbocycles. The molecule has 2 aliphatic rings. The van der Waals surface area contributed by atoms with E-state index in [0.29, 0.717) is 0 Å². The summed E-state index contributed by atoms with van der Waals surface area (Å²) < 4.78 is 0.974. The van der Waals surface area contributed by atoms with Crippen LogP contribution in [0.4, 0.5) is 0 Å². The fourth-order valence-corrected chi connectivity index (χ4v) is 3.58. The van der Waals surface area contributed by atoms with Crippen LogP contribution in [-0.2, 0) is 6.54 Å². The fourth-order valence-electron chi connectivity index (χ4n) is 3.13. The minimum absolute atomic E-state index is 0.763. The van der Waals surface area contributed by atoms with E-state index in [2.05, 4.69) is 43.2 Å². The standard InChI is InChI=1S/C15H21BrClN3/c16-14-2-1-12(9-15(14)17)11-19-5-7-20(8-6-19)13-3-4-18-10-13/h1-2,9,13,18H,3-8,10-11H2. The first-order valence-electron chi connectivity index (χ1n) is 7.33. The molecule has 2 heterocycles. The van der Waals surface area contributed by atoms with Gasteiger partial charge in [0.05, 0.1) is 5.02 Å². The summed E-state index contributed by atoms with van der Waals surface area (Å²) in [4.78, 5) is 5.17. The van der Waals surface area contributed by atoms with Crippen LogP contribution in [0.1, 0.15) is 12.0 Å². The van der Waals surface area contributed by atoms with Gasteiger partial charge in [-0.25, -0.2) is 0 Å². The maximum atomic E-state index is 6.16. The van der Waals surface area contributed by atoms with Gasteiger partial charge < -0.3 is 5.32 Å². The zero-order valence-corrected chi connectivity index (χ0v) is 14.0. The number of piperazine rings is 1. The summed E-state index contributed by atoms with van der Waals surface area (Å²) in [6.07, 6.45) is 1.31. The molecule has 1 atom stereocenters. The van der Waals surface area contributed by atoms with E-state index in [0.717, 1.165) is 35.2 Å². The topological polar surface area (TPSA) is 18.5 Å². The van der Waals surface area contributed by atoms with Crippen LogP contribution in [0.25, 0.3) is 0 Å². The van der Waals surface area contributed by atoms with Gasteiger partial charge in [-0.15, -0.1) is 0 Å². The lowest BCUT2D eigenvalue weighted by atomic mass is 10.1. The van der Waals surface area contributed by atoms with Gasteiger partial charge in [0.2, 0.25) is 0 Å². The van der Waals surface area contributed by atoms with Crippen molar-refractivity contribution in [3.63, 3.8) is 0 Å². The first-order chi connectivity index (χ1) is 9.72. The van der Waals surface area contributed by atoms with Crippen LogP contribution >= 0.6 is 27.5 Å². The number of benzene rings is 1. The summed E-state index contributed by atoms with van der Waals surface area (Å²) in [6.45, 7) is 8.05. The van der Waals surface area contributed by atoms with Gasteiger partial charge in [0.25, 0.3) is 0 Å². The van der Waals surface area contributed by atoms with Crippen LogP contribution in [0.5, 0.6) is 0 Å². The fraction of sp³-hybridized carbons (Fsp3) is 0.600. The van der Waals surface area contributed by atoms with E-state index >= 15 is 0 Å². The number of halogens is 2. The quantitative estimate of drug-likeness (QED) is 0.896. The largest absolute Gasteiger partial charge is 0.315 e. The molecular formula is C15H21BrClN3. The van der Waals surface area contributed by atoms with Gasteiger partial charge in [0.1, 0.15) is 0 Å². The Morgan fingerprint density at radius 1 is 1.25 bits per heavy atom. The Balaban J connectivity index is 1.51. The van der Waals surface area contributed by atoms with E-state index < -0.39 is 0 Å². The van der Waals surface area contributed by atoms with Crippen molar-refractivity contribution in [2.45, 2.75) is 19.0 Å². The maximum absolute atomic E-state index is 6.16. The number of rotatable bonds is 3. The third-order valence-corrected chi connectivity index (χ3v) is 5.58. The van der Waals surface area contributed by atoms with E-state index in [1.54, 1.807) is 0 Å². The highest BCUT2D eigenvalue weighted by Gasteiger charge is 2.25. The van der Waals surface area contributed by atoms with E-state index in [4.69, 9.17) is 11.6 Å². The Hall–Kier alpha value is -0.130. The van der Waals surface area contributed by atoms with Crippen molar-refractivity contribution in [1.29, 1.82) is 0 Å². The summed E-state index contributed by atoms with van der Waals surface area (Å²) in [5.41, 5.74) is 1.30. The molecule has 0 spiro atoms. The van der Waals surface area contributed by atoms with Crippen molar-refractivity contribution in [2.75, 3.05) is 39.3 Å². The normalized spacial score (nSPS) is 25.2. The van der Waals surface area contributed by atoms with Crippen molar-refractivity contribution in [3.05, 3.63) is 33.3 Å². The Morgan fingerprint density at radius 3 is 2.70 bits per heavy atom. The smallest absolute Gasteiger partial charge is 0.0551 e. The lowest BCUT2D eigenvalue weighted by Crippen LogP contribution is -2.50. The highest BCUT2D eigenvalue weighted by atomic mass is 79.9. The Bertz CT molecular complexity index is 454. The third-order valence-electron chi connectivity index (χ3n) is 4.35. The number of hydrogen-bond donors (Lipinski definition) is 1. The second-order valence-corrected chi connectivity index (χ2v) is 6.97. The predicted molar refractivity (Wildman–Crippen MR) is 87.3 cm³/mol. The van der Waals surface area contributed by atoms with E-state index in [-0.39, 0.29) is 0 Å². The van der Waals surface area contributed by atoms with Gasteiger partial charge in [-0.05, 0) is 46.6 Å². The van der Waals surface area contributed by atoms with Gasteiger partial charge in [0.15, 0.2) is 0 Å². The van der Waals surface area contributed by atoms with Crippen LogP contribution in [0.3, 0.4) is 0 Å². The zero-order chi connectivity index (χ0) is 13.9. The molecule has 3 rings (SSSR count). The first kappa shape index (κ1) is 14.8. The second kappa shape index (κ2) is 6.75. The van der Waals surface area contributed by atoms with Crippen molar-refractivity contribution in [3.8, 4) is 0 Å². The summed E-state index contributed by atoms with van der Waals surface area (Å²) in [5, 5.41) is 4.26. The van der Waals surface area contributed by atoms with Crippen LogP contribution in [-0.4, -0.2) is 55.1 Å². The Labute approximate surface area is 134 Å². The summed E-state index contributed by atoms with van der Waals surface area (Å²) >= 11 is 9.60. The molecule has 1 N–H and O–H groups in total. The van der Waals surface area contributed by atoms with Gasteiger partial charge in [-0.2, -0.15) is 0 Å². The van der Waals surface area contributed by atoms with Gasteiger partial charge in [-0.3, -0.25) is 9.80 Å². The molecule has 3 nitrogen and oxygen atoms in total. The Kier molecular flexibility index (Phi) is 5.00. The van der Waals surface area contributed by atoms with Crippen LogP contribution in [0.2, 0.25) is 5.02 Å².